The maximum atomic E-state index is 4.59. The molecule has 1 aliphatic carbocycles. The number of nitrogens with one attached hydrogen (secondary N) is 1. The first kappa shape index (κ1) is 13.3. The van der Waals surface area contributed by atoms with Crippen molar-refractivity contribution in [2.45, 2.75) is 43.0 Å². The van der Waals surface area contributed by atoms with Crippen molar-refractivity contribution in [2.75, 3.05) is 11.6 Å². The molecule has 1 aromatic heterocycles. The minimum absolute atomic E-state index is 0.662. The summed E-state index contributed by atoms with van der Waals surface area (Å²) < 4.78 is 2.44. The fourth-order valence-electron chi connectivity index (χ4n) is 3.01. The zero-order chi connectivity index (χ0) is 13.2. The number of benzene rings is 1. The van der Waals surface area contributed by atoms with E-state index in [4.69, 9.17) is 0 Å². The molecule has 0 aliphatic heterocycles. The highest BCUT2D eigenvalue weighted by molar-refractivity contribution is 8.00. The van der Waals surface area contributed by atoms with E-state index in [9.17, 15) is 0 Å². The third kappa shape index (κ3) is 2.75. The molecule has 2 nitrogen and oxygen atoms in total. The van der Waals surface area contributed by atoms with Gasteiger partial charge in [-0.15, -0.1) is 11.3 Å². The Bertz CT molecular complexity index is 564. The molecular formula is C15H20N2S2. The molecule has 0 radical (unpaired) electrons. The van der Waals surface area contributed by atoms with E-state index in [-0.39, 0.29) is 0 Å². The summed E-state index contributed by atoms with van der Waals surface area (Å²) in [5.41, 5.74) is 2.38. The Morgan fingerprint density at radius 2 is 2.32 bits per heavy atom. The lowest BCUT2D eigenvalue weighted by molar-refractivity contribution is 0.489. The van der Waals surface area contributed by atoms with Crippen LogP contribution in [0.15, 0.2) is 22.5 Å². The third-order valence-corrected chi connectivity index (χ3v) is 6.08. The zero-order valence-corrected chi connectivity index (χ0v) is 13.1. The van der Waals surface area contributed by atoms with Gasteiger partial charge in [-0.3, -0.25) is 0 Å². The molecule has 0 amide bonds. The van der Waals surface area contributed by atoms with E-state index in [1.807, 2.05) is 0 Å². The van der Waals surface area contributed by atoms with Gasteiger partial charge in [0.25, 0.3) is 0 Å². The zero-order valence-electron chi connectivity index (χ0n) is 11.5. The summed E-state index contributed by atoms with van der Waals surface area (Å²) >= 11 is 3.51. The van der Waals surface area contributed by atoms with E-state index in [1.165, 1.54) is 36.1 Å². The Morgan fingerprint density at radius 3 is 3.11 bits per heavy atom. The molecule has 102 valence electrons. The van der Waals surface area contributed by atoms with Crippen LogP contribution in [0.5, 0.6) is 0 Å². The first-order chi connectivity index (χ1) is 9.30. The number of thiazole rings is 1. The second-order valence-corrected chi connectivity index (χ2v) is 7.30. The highest BCUT2D eigenvalue weighted by Crippen LogP contribution is 2.33. The largest absolute Gasteiger partial charge is 0.382 e. The molecule has 0 spiro atoms. The lowest BCUT2D eigenvalue weighted by atomic mass is 10.0. The van der Waals surface area contributed by atoms with Crippen molar-refractivity contribution < 1.29 is 0 Å². The molecule has 2 unspecified atom stereocenters. The van der Waals surface area contributed by atoms with Crippen molar-refractivity contribution in [3.8, 4) is 0 Å². The van der Waals surface area contributed by atoms with Gasteiger partial charge in [0.05, 0.1) is 10.2 Å². The van der Waals surface area contributed by atoms with Gasteiger partial charge in [0.2, 0.25) is 0 Å². The van der Waals surface area contributed by atoms with E-state index >= 15 is 0 Å². The number of nitrogens with zero attached hydrogens (tertiary/aromatic N) is 1. The Balaban J connectivity index is 1.81. The van der Waals surface area contributed by atoms with Crippen LogP contribution in [0.1, 0.15) is 32.6 Å². The minimum atomic E-state index is 0.662. The summed E-state index contributed by atoms with van der Waals surface area (Å²) in [7, 11) is 0. The van der Waals surface area contributed by atoms with Crippen LogP contribution in [0.3, 0.4) is 0 Å². The standard InChI is InChI=1S/C15H20N2S2/c1-3-10-5-4-6-12(10)16-11-7-8-13-14(9-11)19-15(17-13)18-2/h7-10,12,16H,3-6H2,1-2H3. The molecule has 2 aromatic rings. The summed E-state index contributed by atoms with van der Waals surface area (Å²) in [5.74, 6) is 0.846. The average molecular weight is 292 g/mol. The molecule has 1 aliphatic rings. The number of rotatable bonds is 4. The maximum Gasteiger partial charge on any atom is 0.150 e. The molecule has 1 N–H and O–H groups in total. The highest BCUT2D eigenvalue weighted by atomic mass is 32.2. The van der Waals surface area contributed by atoms with Crippen LogP contribution in [0.2, 0.25) is 0 Å². The first-order valence-corrected chi connectivity index (χ1v) is 9.05. The lowest BCUT2D eigenvalue weighted by Crippen LogP contribution is -2.23. The predicted octanol–water partition coefficient (Wildman–Crippen LogP) is 5.01. The van der Waals surface area contributed by atoms with E-state index in [0.29, 0.717) is 6.04 Å². The van der Waals surface area contributed by atoms with Gasteiger partial charge in [0.15, 0.2) is 4.34 Å². The summed E-state index contributed by atoms with van der Waals surface area (Å²) in [6.07, 6.45) is 7.44. The second kappa shape index (κ2) is 5.71. The number of hydrogen-bond acceptors (Lipinski definition) is 4. The molecule has 1 saturated carbocycles. The topological polar surface area (TPSA) is 24.9 Å². The highest BCUT2D eigenvalue weighted by Gasteiger charge is 2.25. The van der Waals surface area contributed by atoms with Crippen molar-refractivity contribution in [3.05, 3.63) is 18.2 Å². The van der Waals surface area contributed by atoms with Crippen molar-refractivity contribution in [1.29, 1.82) is 0 Å². The molecule has 0 saturated heterocycles. The Hall–Kier alpha value is -0.740. The molecule has 3 rings (SSSR count). The van der Waals surface area contributed by atoms with Gasteiger partial charge >= 0.3 is 0 Å². The van der Waals surface area contributed by atoms with Crippen molar-refractivity contribution >= 4 is 39.0 Å². The first-order valence-electron chi connectivity index (χ1n) is 7.01. The number of anilines is 1. The average Bonchev–Trinajstić information content (AvgIpc) is 3.03. The van der Waals surface area contributed by atoms with Crippen LogP contribution in [0.4, 0.5) is 5.69 Å². The normalized spacial score (nSPS) is 23.1. The van der Waals surface area contributed by atoms with E-state index in [0.717, 1.165) is 15.8 Å². The SMILES string of the molecule is CCC1CCCC1Nc1ccc2nc(SC)sc2c1. The Labute approximate surface area is 123 Å². The van der Waals surface area contributed by atoms with E-state index < -0.39 is 0 Å². The fourth-order valence-corrected chi connectivity index (χ4v) is 4.54. The quantitative estimate of drug-likeness (QED) is 0.802. The smallest absolute Gasteiger partial charge is 0.150 e. The predicted molar refractivity (Wildman–Crippen MR) is 86.4 cm³/mol. The molecule has 4 heteroatoms. The molecule has 1 heterocycles. The van der Waals surface area contributed by atoms with Gasteiger partial charge in [0, 0.05) is 11.7 Å². The van der Waals surface area contributed by atoms with Crippen LogP contribution in [0.25, 0.3) is 10.2 Å². The second-order valence-electron chi connectivity index (χ2n) is 5.22. The monoisotopic (exact) mass is 292 g/mol. The van der Waals surface area contributed by atoms with Gasteiger partial charge in [0.1, 0.15) is 0 Å². The van der Waals surface area contributed by atoms with Crippen molar-refractivity contribution in [1.82, 2.24) is 4.98 Å². The van der Waals surface area contributed by atoms with E-state index in [2.05, 4.69) is 41.7 Å². The van der Waals surface area contributed by atoms with Gasteiger partial charge in [-0.1, -0.05) is 31.5 Å². The Morgan fingerprint density at radius 1 is 1.42 bits per heavy atom. The van der Waals surface area contributed by atoms with Crippen LogP contribution in [0, 0.1) is 5.92 Å². The summed E-state index contributed by atoms with van der Waals surface area (Å²) in [6, 6.07) is 7.24. The Kier molecular flexibility index (Phi) is 3.99. The van der Waals surface area contributed by atoms with Gasteiger partial charge in [-0.25, -0.2) is 4.98 Å². The molecule has 1 fully saturated rings. The van der Waals surface area contributed by atoms with E-state index in [1.54, 1.807) is 23.1 Å². The van der Waals surface area contributed by atoms with Crippen LogP contribution < -0.4 is 5.32 Å². The molecule has 0 bridgehead atoms. The van der Waals surface area contributed by atoms with Crippen LogP contribution in [-0.4, -0.2) is 17.3 Å². The summed E-state index contributed by atoms with van der Waals surface area (Å²) in [6.45, 7) is 2.31. The van der Waals surface area contributed by atoms with Crippen LogP contribution in [-0.2, 0) is 0 Å². The van der Waals surface area contributed by atoms with Gasteiger partial charge in [-0.05, 0) is 43.2 Å². The third-order valence-electron chi connectivity index (χ3n) is 4.08. The summed E-state index contributed by atoms with van der Waals surface area (Å²) in [5, 5.41) is 3.73. The van der Waals surface area contributed by atoms with Gasteiger partial charge < -0.3 is 5.32 Å². The van der Waals surface area contributed by atoms with Crippen molar-refractivity contribution in [2.24, 2.45) is 5.92 Å². The number of aromatic nitrogens is 1. The van der Waals surface area contributed by atoms with Crippen LogP contribution >= 0.6 is 23.1 Å². The molecule has 2 atom stereocenters. The number of fused-ring (bicyclic) bond motifs is 1. The lowest BCUT2D eigenvalue weighted by Gasteiger charge is -2.20. The maximum absolute atomic E-state index is 4.59. The molecule has 1 aromatic carbocycles. The number of hydrogen-bond donors (Lipinski definition) is 1. The molecule has 19 heavy (non-hydrogen) atoms. The van der Waals surface area contributed by atoms with Gasteiger partial charge in [-0.2, -0.15) is 0 Å². The number of thioether (sulfide) groups is 1. The summed E-state index contributed by atoms with van der Waals surface area (Å²) in [4.78, 5) is 4.59. The van der Waals surface area contributed by atoms with Crippen molar-refractivity contribution in [3.63, 3.8) is 0 Å². The minimum Gasteiger partial charge on any atom is -0.382 e. The molecular weight excluding hydrogens is 272 g/mol. The fraction of sp³-hybridized carbons (Fsp3) is 0.533.